The van der Waals surface area contributed by atoms with Crippen molar-refractivity contribution in [3.8, 4) is 0 Å². The largest absolute Gasteiger partial charge is 0.459 e. The maximum absolute atomic E-state index is 11.5. The summed E-state index contributed by atoms with van der Waals surface area (Å²) in [6.45, 7) is 6.03. The van der Waals surface area contributed by atoms with Gasteiger partial charge in [0.05, 0.1) is 6.54 Å². The van der Waals surface area contributed by atoms with Gasteiger partial charge in [0.2, 0.25) is 0 Å². The van der Waals surface area contributed by atoms with Crippen molar-refractivity contribution < 1.29 is 9.53 Å². The van der Waals surface area contributed by atoms with Crippen LogP contribution >= 0.6 is 11.8 Å². The van der Waals surface area contributed by atoms with E-state index in [1.807, 2.05) is 32.5 Å². The minimum absolute atomic E-state index is 0.149. The van der Waals surface area contributed by atoms with Crippen LogP contribution in [0.1, 0.15) is 46.5 Å². The first-order chi connectivity index (χ1) is 7.90. The topological polar surface area (TPSA) is 38.3 Å². The van der Waals surface area contributed by atoms with E-state index in [0.29, 0.717) is 12.6 Å². The Morgan fingerprint density at radius 1 is 1.29 bits per heavy atom. The van der Waals surface area contributed by atoms with E-state index in [9.17, 15) is 4.79 Å². The van der Waals surface area contributed by atoms with Crippen LogP contribution in [0.15, 0.2) is 0 Å². The highest BCUT2D eigenvalue weighted by molar-refractivity contribution is 7.99. The average molecular weight is 259 g/mol. The number of thioether (sulfide) groups is 1. The van der Waals surface area contributed by atoms with Crippen molar-refractivity contribution in [1.29, 1.82) is 0 Å². The van der Waals surface area contributed by atoms with Crippen LogP contribution in [0.4, 0.5) is 0 Å². The van der Waals surface area contributed by atoms with E-state index in [2.05, 4.69) is 11.6 Å². The van der Waals surface area contributed by atoms with E-state index in [0.717, 1.165) is 5.25 Å². The second kappa shape index (κ2) is 6.64. The second-order valence-corrected chi connectivity index (χ2v) is 6.81. The summed E-state index contributed by atoms with van der Waals surface area (Å²) in [6.07, 6.45) is 7.04. The Morgan fingerprint density at radius 3 is 2.35 bits per heavy atom. The third-order valence-electron chi connectivity index (χ3n) is 2.96. The molecule has 0 atom stereocenters. The molecular formula is C13H25NO2S. The molecule has 0 aromatic rings. The first-order valence-electron chi connectivity index (χ1n) is 6.39. The maximum Gasteiger partial charge on any atom is 0.320 e. The molecule has 0 saturated heterocycles. The molecule has 0 spiro atoms. The predicted octanol–water partition coefficient (Wildman–Crippen LogP) is 2.59. The quantitative estimate of drug-likeness (QED) is 0.788. The van der Waals surface area contributed by atoms with Gasteiger partial charge in [-0.3, -0.25) is 4.79 Å². The predicted molar refractivity (Wildman–Crippen MR) is 73.4 cm³/mol. The normalized spacial score (nSPS) is 25.6. The Balaban J connectivity index is 2.17. The van der Waals surface area contributed by atoms with Gasteiger partial charge in [-0.15, -0.1) is 0 Å². The average Bonchev–Trinajstić information content (AvgIpc) is 2.25. The highest BCUT2D eigenvalue weighted by Gasteiger charge is 2.22. The highest BCUT2D eigenvalue weighted by Crippen LogP contribution is 2.26. The number of nitrogens with one attached hydrogen (secondary N) is 1. The third-order valence-corrected chi connectivity index (χ3v) is 4.10. The Morgan fingerprint density at radius 2 is 1.88 bits per heavy atom. The van der Waals surface area contributed by atoms with Crippen molar-refractivity contribution in [2.75, 3.05) is 12.8 Å². The van der Waals surface area contributed by atoms with E-state index in [4.69, 9.17) is 4.74 Å². The second-order valence-electron chi connectivity index (χ2n) is 5.68. The molecule has 0 bridgehead atoms. The van der Waals surface area contributed by atoms with Crippen molar-refractivity contribution in [3.05, 3.63) is 0 Å². The van der Waals surface area contributed by atoms with Gasteiger partial charge in [0.1, 0.15) is 5.60 Å². The highest BCUT2D eigenvalue weighted by atomic mass is 32.2. The molecule has 0 aromatic carbocycles. The molecule has 0 heterocycles. The monoisotopic (exact) mass is 259 g/mol. The first-order valence-corrected chi connectivity index (χ1v) is 7.67. The van der Waals surface area contributed by atoms with E-state index >= 15 is 0 Å². The van der Waals surface area contributed by atoms with Crippen LogP contribution in [0, 0.1) is 0 Å². The molecule has 1 saturated carbocycles. The number of carbonyl (C=O) groups excluding carboxylic acids is 1. The van der Waals surface area contributed by atoms with Crippen molar-refractivity contribution >= 4 is 17.7 Å². The van der Waals surface area contributed by atoms with Crippen molar-refractivity contribution in [3.63, 3.8) is 0 Å². The van der Waals surface area contributed by atoms with E-state index < -0.39 is 0 Å². The molecule has 0 aliphatic heterocycles. The molecule has 4 heteroatoms. The zero-order valence-corrected chi connectivity index (χ0v) is 12.2. The molecule has 0 aromatic heterocycles. The number of rotatable bonds is 4. The Bertz CT molecular complexity index is 242. The van der Waals surface area contributed by atoms with Gasteiger partial charge in [-0.1, -0.05) is 0 Å². The lowest BCUT2D eigenvalue weighted by atomic mass is 9.95. The summed E-state index contributed by atoms with van der Waals surface area (Å²) in [5, 5.41) is 4.12. The molecule has 1 rings (SSSR count). The smallest absolute Gasteiger partial charge is 0.320 e. The third kappa shape index (κ3) is 6.32. The molecule has 100 valence electrons. The SMILES string of the molecule is CSC1CCC(NCC(=O)OC(C)(C)C)CC1. The molecule has 1 N–H and O–H groups in total. The van der Waals surface area contributed by atoms with Crippen molar-refractivity contribution in [2.45, 2.75) is 63.3 Å². The molecular weight excluding hydrogens is 234 g/mol. The van der Waals surface area contributed by atoms with Crippen LogP contribution in [0.5, 0.6) is 0 Å². The van der Waals surface area contributed by atoms with Crippen molar-refractivity contribution in [1.82, 2.24) is 5.32 Å². The summed E-state index contributed by atoms with van der Waals surface area (Å²) in [5.74, 6) is -0.149. The number of ether oxygens (including phenoxy) is 1. The van der Waals surface area contributed by atoms with Crippen LogP contribution < -0.4 is 5.32 Å². The van der Waals surface area contributed by atoms with E-state index in [1.54, 1.807) is 0 Å². The lowest BCUT2D eigenvalue weighted by Crippen LogP contribution is -2.39. The molecule has 3 nitrogen and oxygen atoms in total. The lowest BCUT2D eigenvalue weighted by molar-refractivity contribution is -0.153. The summed E-state index contributed by atoms with van der Waals surface area (Å²) >= 11 is 1.96. The minimum Gasteiger partial charge on any atom is -0.459 e. The standard InChI is InChI=1S/C13H25NO2S/c1-13(2,3)16-12(15)9-14-10-5-7-11(17-4)8-6-10/h10-11,14H,5-9H2,1-4H3. The summed E-state index contributed by atoms with van der Waals surface area (Å²) < 4.78 is 5.27. The maximum atomic E-state index is 11.5. The number of hydrogen-bond donors (Lipinski definition) is 1. The van der Waals surface area contributed by atoms with Crippen LogP contribution in [0.3, 0.4) is 0 Å². The summed E-state index contributed by atoms with van der Waals surface area (Å²) in [6, 6.07) is 0.492. The van der Waals surface area contributed by atoms with E-state index in [1.165, 1.54) is 25.7 Å². The van der Waals surface area contributed by atoms with Crippen LogP contribution in [0.2, 0.25) is 0 Å². The molecule has 0 amide bonds. The minimum atomic E-state index is -0.380. The molecule has 1 aliphatic carbocycles. The van der Waals surface area contributed by atoms with Gasteiger partial charge in [-0.25, -0.2) is 0 Å². The van der Waals surface area contributed by atoms with Crippen LogP contribution in [0.25, 0.3) is 0 Å². The van der Waals surface area contributed by atoms with Gasteiger partial charge in [0.25, 0.3) is 0 Å². The fraction of sp³-hybridized carbons (Fsp3) is 0.923. The van der Waals surface area contributed by atoms with Gasteiger partial charge >= 0.3 is 5.97 Å². The first kappa shape index (κ1) is 14.8. The lowest BCUT2D eigenvalue weighted by Gasteiger charge is -2.28. The summed E-state index contributed by atoms with van der Waals surface area (Å²) in [5.41, 5.74) is -0.380. The summed E-state index contributed by atoms with van der Waals surface area (Å²) in [4.78, 5) is 11.5. The molecule has 1 aliphatic rings. The van der Waals surface area contributed by atoms with Crippen LogP contribution in [-0.4, -0.2) is 35.7 Å². The number of hydrogen-bond acceptors (Lipinski definition) is 4. The van der Waals surface area contributed by atoms with Gasteiger partial charge in [-0.2, -0.15) is 11.8 Å². The molecule has 1 fully saturated rings. The Hall–Kier alpha value is -0.220. The van der Waals surface area contributed by atoms with E-state index in [-0.39, 0.29) is 11.6 Å². The fourth-order valence-electron chi connectivity index (χ4n) is 2.11. The van der Waals surface area contributed by atoms with Gasteiger partial charge in [0, 0.05) is 11.3 Å². The zero-order valence-electron chi connectivity index (χ0n) is 11.4. The molecule has 0 unspecified atom stereocenters. The van der Waals surface area contributed by atoms with Gasteiger partial charge < -0.3 is 10.1 Å². The fourth-order valence-corrected chi connectivity index (χ4v) is 2.85. The van der Waals surface area contributed by atoms with Gasteiger partial charge in [0.15, 0.2) is 0 Å². The van der Waals surface area contributed by atoms with Crippen molar-refractivity contribution in [2.24, 2.45) is 0 Å². The summed E-state index contributed by atoms with van der Waals surface area (Å²) in [7, 11) is 0. The Labute approximate surface area is 109 Å². The van der Waals surface area contributed by atoms with Gasteiger partial charge in [-0.05, 0) is 52.7 Å². The number of esters is 1. The molecule has 17 heavy (non-hydrogen) atoms. The van der Waals surface area contributed by atoms with Crippen LogP contribution in [-0.2, 0) is 9.53 Å². The number of carbonyl (C=O) groups is 1. The zero-order chi connectivity index (χ0) is 12.9. The Kier molecular flexibility index (Phi) is 5.80. The molecule has 0 radical (unpaired) electrons.